The van der Waals surface area contributed by atoms with E-state index >= 15 is 0 Å². The fourth-order valence-corrected chi connectivity index (χ4v) is 4.14. The van der Waals surface area contributed by atoms with Crippen LogP contribution in [0.4, 0.5) is 29.1 Å². The Labute approximate surface area is 237 Å². The molecule has 212 valence electrons. The zero-order valence-corrected chi connectivity index (χ0v) is 22.3. The molecule has 5 aromatic rings. The number of methoxy groups -OCH3 is 1. The number of alkyl halides is 3. The van der Waals surface area contributed by atoms with Gasteiger partial charge in [-0.2, -0.15) is 18.3 Å². The molecule has 12 heteroatoms. The topological polar surface area (TPSA) is 89.1 Å². The summed E-state index contributed by atoms with van der Waals surface area (Å²) in [4.78, 5) is 13.5. The molecule has 2 N–H and O–H groups in total. The van der Waals surface area contributed by atoms with E-state index in [2.05, 4.69) is 20.5 Å². The first kappa shape index (κ1) is 29.5. The number of hydrogen-bond acceptors (Lipinski definition) is 6. The summed E-state index contributed by atoms with van der Waals surface area (Å²) in [5.41, 5.74) is 0.379. The van der Waals surface area contributed by atoms with Crippen molar-refractivity contribution in [1.82, 2.24) is 15.2 Å². The summed E-state index contributed by atoms with van der Waals surface area (Å²) in [7, 11) is 1.70. The quantitative estimate of drug-likeness (QED) is 0.143. The van der Waals surface area contributed by atoms with E-state index in [1.807, 2.05) is 30.3 Å². The maximum absolute atomic E-state index is 13.6. The number of rotatable bonds is 8. The van der Waals surface area contributed by atoms with Gasteiger partial charge in [-0.05, 0) is 41.5 Å². The highest BCUT2D eigenvalue weighted by Gasteiger charge is 2.38. The molecule has 2 aromatic heterocycles. The first-order valence-corrected chi connectivity index (χ1v) is 12.4. The van der Waals surface area contributed by atoms with Gasteiger partial charge < -0.3 is 19.8 Å². The number of carbonyl (C=O) groups excluding carboxylic acids is 1. The van der Waals surface area contributed by atoms with E-state index in [9.17, 15) is 22.4 Å². The van der Waals surface area contributed by atoms with Gasteiger partial charge in [0.1, 0.15) is 18.2 Å². The van der Waals surface area contributed by atoms with Gasteiger partial charge in [0, 0.05) is 12.8 Å². The lowest BCUT2D eigenvalue weighted by Crippen LogP contribution is -2.08. The average Bonchev–Trinajstić information content (AvgIpc) is 3.35. The molecule has 0 spiro atoms. The van der Waals surface area contributed by atoms with Crippen molar-refractivity contribution in [3.63, 3.8) is 0 Å². The number of nitrogens with one attached hydrogen (secondary N) is 2. The van der Waals surface area contributed by atoms with Crippen LogP contribution in [-0.2, 0) is 24.1 Å². The SMILES string of the molecule is COCc1ccccc1.O=Cc1[nH]c2cnnc(Nc3ccc(OCc4cccc(F)c4)c(Cl)c3)c2c1C(F)(F)F. The number of nitrogens with zero attached hydrogens (tertiary/aromatic N) is 2. The van der Waals surface area contributed by atoms with Crippen molar-refractivity contribution in [2.45, 2.75) is 19.4 Å². The lowest BCUT2D eigenvalue weighted by atomic mass is 10.1. The molecule has 0 aliphatic heterocycles. The average molecular weight is 587 g/mol. The maximum atomic E-state index is 13.6. The molecule has 41 heavy (non-hydrogen) atoms. The van der Waals surface area contributed by atoms with Crippen molar-refractivity contribution in [2.75, 3.05) is 12.4 Å². The fraction of sp³-hybridized carbons (Fsp3) is 0.138. The van der Waals surface area contributed by atoms with E-state index in [1.165, 1.54) is 35.9 Å². The summed E-state index contributed by atoms with van der Waals surface area (Å²) in [6, 6.07) is 20.5. The molecule has 0 aliphatic rings. The largest absolute Gasteiger partial charge is 0.487 e. The van der Waals surface area contributed by atoms with Crippen LogP contribution in [0.15, 0.2) is 79.0 Å². The van der Waals surface area contributed by atoms with Crippen molar-refractivity contribution < 1.29 is 31.8 Å². The Morgan fingerprint density at radius 2 is 1.76 bits per heavy atom. The fourth-order valence-electron chi connectivity index (χ4n) is 3.91. The number of benzene rings is 3. The van der Waals surface area contributed by atoms with Crippen molar-refractivity contribution in [3.8, 4) is 5.75 Å². The second-order valence-electron chi connectivity index (χ2n) is 8.62. The molecule has 0 amide bonds. The molecule has 0 radical (unpaired) electrons. The molecule has 0 unspecified atom stereocenters. The highest BCUT2D eigenvalue weighted by molar-refractivity contribution is 6.32. The van der Waals surface area contributed by atoms with Gasteiger partial charge in [0.2, 0.25) is 0 Å². The smallest absolute Gasteiger partial charge is 0.419 e. The summed E-state index contributed by atoms with van der Waals surface area (Å²) in [6.45, 7) is 0.780. The number of aromatic amines is 1. The number of aldehydes is 1. The number of hydrogen-bond donors (Lipinski definition) is 2. The van der Waals surface area contributed by atoms with Crippen LogP contribution in [0.3, 0.4) is 0 Å². The molecule has 3 aromatic carbocycles. The zero-order chi connectivity index (χ0) is 29.4. The van der Waals surface area contributed by atoms with Gasteiger partial charge in [-0.25, -0.2) is 4.39 Å². The third-order valence-electron chi connectivity index (χ3n) is 5.67. The maximum Gasteiger partial charge on any atom is 0.419 e. The monoisotopic (exact) mass is 586 g/mol. The molecule has 0 bridgehead atoms. The minimum absolute atomic E-state index is 0.00179. The summed E-state index contributed by atoms with van der Waals surface area (Å²) < 4.78 is 64.5. The third-order valence-corrected chi connectivity index (χ3v) is 5.97. The molecule has 0 fully saturated rings. The highest BCUT2D eigenvalue weighted by atomic mass is 35.5. The van der Waals surface area contributed by atoms with Gasteiger partial charge in [0.05, 0.1) is 40.0 Å². The van der Waals surface area contributed by atoms with E-state index in [1.54, 1.807) is 19.2 Å². The molecule has 2 heterocycles. The van der Waals surface area contributed by atoms with Gasteiger partial charge in [-0.15, -0.1) is 5.10 Å². The van der Waals surface area contributed by atoms with Crippen LogP contribution in [0.1, 0.15) is 27.2 Å². The highest BCUT2D eigenvalue weighted by Crippen LogP contribution is 2.40. The predicted molar refractivity (Wildman–Crippen MR) is 147 cm³/mol. The van der Waals surface area contributed by atoms with Gasteiger partial charge >= 0.3 is 6.18 Å². The number of H-pyrrole nitrogens is 1. The Kier molecular flexibility index (Phi) is 9.53. The molecular formula is C29H23ClF4N4O3. The van der Waals surface area contributed by atoms with Crippen LogP contribution < -0.4 is 10.1 Å². The Hall–Kier alpha value is -4.48. The van der Waals surface area contributed by atoms with Crippen LogP contribution in [-0.4, -0.2) is 28.6 Å². The summed E-state index contributed by atoms with van der Waals surface area (Å²) in [6.07, 6.45) is -3.60. The molecule has 0 aliphatic carbocycles. The van der Waals surface area contributed by atoms with E-state index in [-0.39, 0.29) is 34.6 Å². The number of carbonyl (C=O) groups is 1. The number of halogens is 5. The van der Waals surface area contributed by atoms with Crippen molar-refractivity contribution in [2.24, 2.45) is 0 Å². The predicted octanol–water partition coefficient (Wildman–Crippen LogP) is 7.74. The minimum atomic E-state index is -4.79. The Balaban J connectivity index is 0.000000367. The van der Waals surface area contributed by atoms with Crippen molar-refractivity contribution in [1.29, 1.82) is 0 Å². The standard InChI is InChI=1S/C21H13ClF4N4O2.C8H10O/c22-14-7-13(4-5-17(14)32-10-11-2-1-3-12(23)6-11)28-20-18-15(8-27-30-20)29-16(9-31)19(18)21(24,25)26;1-9-7-8-5-3-2-4-6-8/h1-9,29H,10H2,(H,28,30);2-6H,7H2,1H3. The van der Waals surface area contributed by atoms with Gasteiger partial charge in [0.15, 0.2) is 12.1 Å². The van der Waals surface area contributed by atoms with Crippen LogP contribution in [0, 0.1) is 5.82 Å². The van der Waals surface area contributed by atoms with Crippen LogP contribution in [0.25, 0.3) is 10.9 Å². The van der Waals surface area contributed by atoms with Crippen LogP contribution in [0.5, 0.6) is 5.75 Å². The molecule has 0 saturated carbocycles. The molecular weight excluding hydrogens is 564 g/mol. The minimum Gasteiger partial charge on any atom is -0.487 e. The first-order valence-electron chi connectivity index (χ1n) is 12.1. The van der Waals surface area contributed by atoms with E-state index in [0.29, 0.717) is 23.6 Å². The van der Waals surface area contributed by atoms with Crippen molar-refractivity contribution in [3.05, 3.63) is 112 Å². The molecule has 7 nitrogen and oxygen atoms in total. The molecule has 0 saturated heterocycles. The van der Waals surface area contributed by atoms with Gasteiger partial charge in [-0.1, -0.05) is 54.1 Å². The number of fused-ring (bicyclic) bond motifs is 1. The number of aromatic nitrogens is 3. The van der Waals surface area contributed by atoms with Crippen molar-refractivity contribution >= 4 is 40.3 Å². The van der Waals surface area contributed by atoms with E-state index in [4.69, 9.17) is 21.1 Å². The lowest BCUT2D eigenvalue weighted by molar-refractivity contribution is -0.136. The lowest BCUT2D eigenvalue weighted by Gasteiger charge is -2.12. The number of anilines is 2. The van der Waals surface area contributed by atoms with E-state index < -0.39 is 23.3 Å². The van der Waals surface area contributed by atoms with Gasteiger partial charge in [-0.3, -0.25) is 4.79 Å². The summed E-state index contributed by atoms with van der Waals surface area (Å²) >= 11 is 6.23. The zero-order valence-electron chi connectivity index (χ0n) is 21.5. The van der Waals surface area contributed by atoms with Crippen LogP contribution in [0.2, 0.25) is 5.02 Å². The Bertz CT molecular complexity index is 1630. The Morgan fingerprint density at radius 1 is 1.00 bits per heavy atom. The molecule has 5 rings (SSSR count). The van der Waals surface area contributed by atoms with E-state index in [0.717, 1.165) is 6.20 Å². The molecule has 0 atom stereocenters. The second kappa shape index (κ2) is 13.2. The second-order valence-corrected chi connectivity index (χ2v) is 9.03. The Morgan fingerprint density at radius 3 is 2.41 bits per heavy atom. The third kappa shape index (κ3) is 7.59. The number of ether oxygens (including phenoxy) is 2. The summed E-state index contributed by atoms with van der Waals surface area (Å²) in [5, 5.41) is 10.0. The van der Waals surface area contributed by atoms with Gasteiger partial charge in [0.25, 0.3) is 0 Å². The first-order chi connectivity index (χ1) is 19.7. The summed E-state index contributed by atoms with van der Waals surface area (Å²) in [5.74, 6) is -0.303. The van der Waals surface area contributed by atoms with Crippen LogP contribution >= 0.6 is 11.6 Å². The normalized spacial score (nSPS) is 11.1.